The van der Waals surface area contributed by atoms with Crippen LogP contribution in [0.3, 0.4) is 0 Å². The molecule has 0 spiro atoms. The Balaban J connectivity index is 1.58. The fourth-order valence-corrected chi connectivity index (χ4v) is 4.26. The molecule has 0 bridgehead atoms. The number of nitrogens with one attached hydrogen (secondary N) is 2. The Kier molecular flexibility index (Phi) is 4.71. The summed E-state index contributed by atoms with van der Waals surface area (Å²) in [5, 5.41) is 4.34. The highest BCUT2D eigenvalue weighted by Gasteiger charge is 2.21. The van der Waals surface area contributed by atoms with Gasteiger partial charge in [-0.25, -0.2) is 15.0 Å². The highest BCUT2D eigenvalue weighted by molar-refractivity contribution is 6.12. The van der Waals surface area contributed by atoms with Gasteiger partial charge in [0.05, 0.1) is 17.6 Å². The van der Waals surface area contributed by atoms with Crippen molar-refractivity contribution in [3.8, 4) is 11.5 Å². The van der Waals surface area contributed by atoms with Crippen molar-refractivity contribution in [1.29, 1.82) is 0 Å². The molecule has 0 atom stereocenters. The van der Waals surface area contributed by atoms with Crippen LogP contribution in [0.1, 0.15) is 30.1 Å². The van der Waals surface area contributed by atoms with E-state index in [9.17, 15) is 4.79 Å². The maximum absolute atomic E-state index is 12.5. The van der Waals surface area contributed by atoms with Crippen LogP contribution < -0.4 is 5.32 Å². The molecule has 4 heterocycles. The number of carbonyl (C=O) groups is 1. The summed E-state index contributed by atoms with van der Waals surface area (Å²) >= 11 is 0. The summed E-state index contributed by atoms with van der Waals surface area (Å²) in [6, 6.07) is 7.79. The second kappa shape index (κ2) is 7.53. The van der Waals surface area contributed by atoms with Gasteiger partial charge in [0, 0.05) is 31.0 Å². The highest BCUT2D eigenvalue weighted by atomic mass is 16.1. The van der Waals surface area contributed by atoms with Gasteiger partial charge < -0.3 is 19.8 Å². The third kappa shape index (κ3) is 3.23. The maximum Gasteiger partial charge on any atom is 0.181 e. The minimum atomic E-state index is -0.0142. The Morgan fingerprint density at radius 3 is 2.80 bits per heavy atom. The van der Waals surface area contributed by atoms with Gasteiger partial charge in [0.15, 0.2) is 23.1 Å². The first-order valence-electron chi connectivity index (χ1n) is 10.4. The van der Waals surface area contributed by atoms with Crippen molar-refractivity contribution in [3.05, 3.63) is 36.2 Å². The molecule has 5 rings (SSSR count). The molecule has 0 aliphatic carbocycles. The van der Waals surface area contributed by atoms with Gasteiger partial charge >= 0.3 is 0 Å². The lowest BCUT2D eigenvalue weighted by atomic mass is 10.1. The Morgan fingerprint density at radius 1 is 1.20 bits per heavy atom. The van der Waals surface area contributed by atoms with Crippen LogP contribution in [0.2, 0.25) is 0 Å². The van der Waals surface area contributed by atoms with Crippen molar-refractivity contribution in [2.24, 2.45) is 7.05 Å². The molecule has 0 unspecified atom stereocenters. The molecule has 0 saturated carbocycles. The number of hydrogen-bond acceptors (Lipinski definition) is 6. The average molecular weight is 403 g/mol. The third-order valence-electron chi connectivity index (χ3n) is 5.76. The van der Waals surface area contributed by atoms with E-state index in [1.54, 1.807) is 13.3 Å². The largest absolute Gasteiger partial charge is 0.367 e. The molecule has 1 fully saturated rings. The summed E-state index contributed by atoms with van der Waals surface area (Å²) < 4.78 is 1.88. The monoisotopic (exact) mass is 403 g/mol. The number of nitrogens with zero attached hydrogens (tertiary/aromatic N) is 5. The number of hydrogen-bond donors (Lipinski definition) is 2. The van der Waals surface area contributed by atoms with Gasteiger partial charge in [0.2, 0.25) is 0 Å². The zero-order chi connectivity index (χ0) is 20.7. The number of carbonyl (C=O) groups excluding carboxylic acids is 1. The fraction of sp³-hybridized carbons (Fsp3) is 0.364. The quantitative estimate of drug-likeness (QED) is 0.480. The zero-order valence-electron chi connectivity index (χ0n) is 17.3. The topological polar surface area (TPSA) is 91.7 Å². The van der Waals surface area contributed by atoms with Crippen LogP contribution >= 0.6 is 0 Å². The van der Waals surface area contributed by atoms with E-state index in [2.05, 4.69) is 20.2 Å². The number of likely N-dealkylation sites (tertiary alicyclic amines) is 1. The van der Waals surface area contributed by atoms with Crippen LogP contribution in [0.15, 0.2) is 30.6 Å². The number of aromatic nitrogens is 5. The van der Waals surface area contributed by atoms with E-state index >= 15 is 0 Å². The Bertz CT molecular complexity index is 1230. The summed E-state index contributed by atoms with van der Waals surface area (Å²) in [6.45, 7) is 5.66. The minimum Gasteiger partial charge on any atom is -0.367 e. The van der Waals surface area contributed by atoms with E-state index in [1.165, 1.54) is 12.8 Å². The summed E-state index contributed by atoms with van der Waals surface area (Å²) in [7, 11) is 1.91. The van der Waals surface area contributed by atoms with Crippen LogP contribution in [0.25, 0.3) is 33.6 Å². The number of Topliss-reactive ketones (excluding diaryl/α,β-unsaturated/α-hetero) is 1. The maximum atomic E-state index is 12.5. The number of para-hydroxylation sites is 1. The second-order valence-corrected chi connectivity index (χ2v) is 7.88. The van der Waals surface area contributed by atoms with Gasteiger partial charge in [-0.05, 0) is 38.9 Å². The molecule has 154 valence electrons. The molecule has 1 aromatic carbocycles. The van der Waals surface area contributed by atoms with Crippen molar-refractivity contribution in [3.63, 3.8) is 0 Å². The van der Waals surface area contributed by atoms with Gasteiger partial charge in [0.25, 0.3) is 0 Å². The molecule has 1 aliphatic rings. The lowest BCUT2D eigenvalue weighted by molar-refractivity contribution is 0.102. The highest BCUT2D eigenvalue weighted by Crippen LogP contribution is 2.31. The number of imidazole rings is 1. The molecule has 8 nitrogen and oxygen atoms in total. The number of rotatable bonds is 6. The molecule has 2 N–H and O–H groups in total. The van der Waals surface area contributed by atoms with Crippen LogP contribution in [0, 0.1) is 0 Å². The first-order valence-corrected chi connectivity index (χ1v) is 10.4. The van der Waals surface area contributed by atoms with Crippen molar-refractivity contribution < 1.29 is 4.79 Å². The second-order valence-electron chi connectivity index (χ2n) is 7.88. The van der Waals surface area contributed by atoms with E-state index in [4.69, 9.17) is 9.97 Å². The molecular formula is C22H25N7O. The average Bonchev–Trinajstić information content (AvgIpc) is 3.46. The van der Waals surface area contributed by atoms with Crippen LogP contribution in [0.4, 0.5) is 5.82 Å². The lowest BCUT2D eigenvalue weighted by Gasteiger charge is -2.15. The van der Waals surface area contributed by atoms with Crippen LogP contribution in [0.5, 0.6) is 0 Å². The standard InChI is InChI=1S/C22H25N7O/c1-14(30)17-15-7-3-4-8-16(15)25-18(17)21-26-20(19-22(27-21)28(2)13-24-19)23-9-12-29-10-5-6-11-29/h3-4,7-8,13,25H,5-6,9-12H2,1-2H3,(H,23,26,27). The molecule has 30 heavy (non-hydrogen) atoms. The van der Waals surface area contributed by atoms with Crippen LogP contribution in [-0.2, 0) is 7.05 Å². The zero-order valence-corrected chi connectivity index (χ0v) is 17.3. The fourth-order valence-electron chi connectivity index (χ4n) is 4.26. The van der Waals surface area contributed by atoms with Gasteiger partial charge in [-0.2, -0.15) is 0 Å². The smallest absolute Gasteiger partial charge is 0.181 e. The van der Waals surface area contributed by atoms with Gasteiger partial charge in [0.1, 0.15) is 5.52 Å². The summed E-state index contributed by atoms with van der Waals surface area (Å²) in [5.41, 5.74) is 3.64. The van der Waals surface area contributed by atoms with E-state index in [-0.39, 0.29) is 5.78 Å². The van der Waals surface area contributed by atoms with Crippen molar-refractivity contribution in [2.45, 2.75) is 19.8 Å². The lowest BCUT2D eigenvalue weighted by Crippen LogP contribution is -2.26. The number of benzene rings is 1. The Labute approximate surface area is 174 Å². The number of ketones is 1. The van der Waals surface area contributed by atoms with Crippen molar-refractivity contribution >= 4 is 33.7 Å². The summed E-state index contributed by atoms with van der Waals surface area (Å²) in [6.07, 6.45) is 4.29. The first-order chi connectivity index (χ1) is 14.6. The number of aromatic amines is 1. The molecule has 0 radical (unpaired) electrons. The van der Waals surface area contributed by atoms with Gasteiger partial charge in [-0.15, -0.1) is 0 Å². The van der Waals surface area contributed by atoms with E-state index in [0.29, 0.717) is 22.9 Å². The summed E-state index contributed by atoms with van der Waals surface area (Å²) in [5.74, 6) is 1.18. The van der Waals surface area contributed by atoms with Crippen molar-refractivity contribution in [1.82, 2.24) is 29.4 Å². The molecule has 8 heteroatoms. The number of aryl methyl sites for hydroxylation is 1. The first kappa shape index (κ1) is 18.7. The normalized spacial score (nSPS) is 14.7. The molecule has 1 aliphatic heterocycles. The molecule has 4 aromatic rings. The molecule has 1 saturated heterocycles. The van der Waals surface area contributed by atoms with Gasteiger partial charge in [-0.3, -0.25) is 4.79 Å². The molecule has 0 amide bonds. The minimum absolute atomic E-state index is 0.0142. The number of H-pyrrole nitrogens is 1. The Morgan fingerprint density at radius 2 is 2.00 bits per heavy atom. The number of anilines is 1. The van der Waals surface area contributed by atoms with E-state index in [1.807, 2.05) is 35.9 Å². The van der Waals surface area contributed by atoms with Crippen LogP contribution in [-0.4, -0.2) is 61.4 Å². The summed E-state index contributed by atoms with van der Waals surface area (Å²) in [4.78, 5) is 32.3. The predicted octanol–water partition coefficient (Wildman–Crippen LogP) is 3.22. The van der Waals surface area contributed by atoms with Gasteiger partial charge in [-0.1, -0.05) is 18.2 Å². The number of fused-ring (bicyclic) bond motifs is 2. The SMILES string of the molecule is CC(=O)c1c(-c2nc(NCCN3CCCC3)c3ncn(C)c3n2)[nH]c2ccccc12. The third-order valence-corrected chi connectivity index (χ3v) is 5.76. The van der Waals surface area contributed by atoms with Crippen molar-refractivity contribution in [2.75, 3.05) is 31.5 Å². The molecular weight excluding hydrogens is 378 g/mol. The van der Waals surface area contributed by atoms with E-state index < -0.39 is 0 Å². The molecule has 3 aromatic heterocycles. The van der Waals surface area contributed by atoms with E-state index in [0.717, 1.165) is 48.2 Å². The predicted molar refractivity (Wildman–Crippen MR) is 118 cm³/mol. The Hall–Kier alpha value is -3.26.